The SMILES string of the molecule is CN(C)C(=S)[C@@H]1C[C@@H](OCCC2NCNC2=O)CN1. The summed E-state index contributed by atoms with van der Waals surface area (Å²) in [7, 11) is 3.92. The maximum Gasteiger partial charge on any atom is 0.238 e. The van der Waals surface area contributed by atoms with Gasteiger partial charge in [0.1, 0.15) is 0 Å². The maximum atomic E-state index is 11.4. The van der Waals surface area contributed by atoms with Crippen molar-refractivity contribution in [3.8, 4) is 0 Å². The predicted octanol–water partition coefficient (Wildman–Crippen LogP) is -0.942. The first-order valence-electron chi connectivity index (χ1n) is 6.65. The van der Waals surface area contributed by atoms with E-state index in [1.165, 1.54) is 0 Å². The second kappa shape index (κ2) is 6.60. The Labute approximate surface area is 119 Å². The molecule has 1 amide bonds. The normalized spacial score (nSPS) is 30.4. The second-order valence-electron chi connectivity index (χ2n) is 5.19. The lowest BCUT2D eigenvalue weighted by Gasteiger charge is -2.19. The minimum atomic E-state index is -0.104. The number of rotatable bonds is 5. The number of hydrogen-bond acceptors (Lipinski definition) is 5. The number of thiocarbonyl (C=S) groups is 1. The zero-order chi connectivity index (χ0) is 13.8. The van der Waals surface area contributed by atoms with Crippen LogP contribution in [0.15, 0.2) is 0 Å². The maximum absolute atomic E-state index is 11.4. The molecule has 6 nitrogen and oxygen atoms in total. The summed E-state index contributed by atoms with van der Waals surface area (Å²) in [5.74, 6) is 0.0693. The minimum absolute atomic E-state index is 0.0693. The molecule has 0 bridgehead atoms. The third-order valence-corrected chi connectivity index (χ3v) is 4.17. The largest absolute Gasteiger partial charge is 0.377 e. The van der Waals surface area contributed by atoms with Gasteiger partial charge in [-0.05, 0) is 12.8 Å². The molecule has 1 unspecified atom stereocenters. The van der Waals surface area contributed by atoms with Crippen LogP contribution in [0.25, 0.3) is 0 Å². The highest BCUT2D eigenvalue weighted by Crippen LogP contribution is 2.13. The molecule has 2 saturated heterocycles. The smallest absolute Gasteiger partial charge is 0.238 e. The van der Waals surface area contributed by atoms with Gasteiger partial charge in [0.2, 0.25) is 5.91 Å². The van der Waals surface area contributed by atoms with E-state index in [0.717, 1.165) is 18.0 Å². The summed E-state index contributed by atoms with van der Waals surface area (Å²) in [5.41, 5.74) is 0. The molecule has 2 aliphatic rings. The Hall–Kier alpha value is -0.760. The fourth-order valence-electron chi connectivity index (χ4n) is 2.39. The summed E-state index contributed by atoms with van der Waals surface area (Å²) >= 11 is 5.35. The Bertz CT molecular complexity index is 351. The van der Waals surface area contributed by atoms with Crippen LogP contribution in [0, 0.1) is 0 Å². The molecule has 2 rings (SSSR count). The molecule has 3 atom stereocenters. The van der Waals surface area contributed by atoms with E-state index >= 15 is 0 Å². The molecule has 0 aromatic carbocycles. The van der Waals surface area contributed by atoms with Crippen LogP contribution in [-0.2, 0) is 9.53 Å². The highest BCUT2D eigenvalue weighted by atomic mass is 32.1. The van der Waals surface area contributed by atoms with Gasteiger partial charge in [0.05, 0.1) is 29.8 Å². The first-order valence-corrected chi connectivity index (χ1v) is 7.06. The number of hydrogen-bond donors (Lipinski definition) is 3. The van der Waals surface area contributed by atoms with Crippen LogP contribution in [0.5, 0.6) is 0 Å². The summed E-state index contributed by atoms with van der Waals surface area (Å²) in [6.45, 7) is 1.98. The lowest BCUT2D eigenvalue weighted by Crippen LogP contribution is -2.38. The zero-order valence-electron chi connectivity index (χ0n) is 11.4. The van der Waals surface area contributed by atoms with Gasteiger partial charge < -0.3 is 20.3 Å². The van der Waals surface area contributed by atoms with Gasteiger partial charge in [0.25, 0.3) is 0 Å². The van der Waals surface area contributed by atoms with E-state index in [1.54, 1.807) is 0 Å². The Balaban J connectivity index is 1.65. The van der Waals surface area contributed by atoms with Gasteiger partial charge in [-0.1, -0.05) is 12.2 Å². The molecule has 0 saturated carbocycles. The van der Waals surface area contributed by atoms with Crippen molar-refractivity contribution in [2.75, 3.05) is 33.9 Å². The number of ether oxygens (including phenoxy) is 1. The molecular weight excluding hydrogens is 264 g/mol. The molecule has 2 fully saturated rings. The quantitative estimate of drug-likeness (QED) is 0.567. The van der Waals surface area contributed by atoms with Gasteiger partial charge in [0.15, 0.2) is 0 Å². The highest BCUT2D eigenvalue weighted by molar-refractivity contribution is 7.80. The molecule has 0 aromatic heterocycles. The van der Waals surface area contributed by atoms with E-state index < -0.39 is 0 Å². The van der Waals surface area contributed by atoms with Gasteiger partial charge in [-0.25, -0.2) is 0 Å². The third kappa shape index (κ3) is 3.85. The van der Waals surface area contributed by atoms with Crippen LogP contribution in [0.3, 0.4) is 0 Å². The van der Waals surface area contributed by atoms with Gasteiger partial charge in [-0.3, -0.25) is 10.1 Å². The highest BCUT2D eigenvalue weighted by Gasteiger charge is 2.29. The molecule has 2 aliphatic heterocycles. The fraction of sp³-hybridized carbons (Fsp3) is 0.833. The van der Waals surface area contributed by atoms with Crippen LogP contribution in [-0.4, -0.2) is 67.9 Å². The first-order chi connectivity index (χ1) is 9.08. The monoisotopic (exact) mass is 286 g/mol. The average Bonchev–Trinajstić information content (AvgIpc) is 2.98. The Morgan fingerprint density at radius 1 is 1.47 bits per heavy atom. The average molecular weight is 286 g/mol. The number of nitrogens with one attached hydrogen (secondary N) is 3. The summed E-state index contributed by atoms with van der Waals surface area (Å²) in [6.07, 6.45) is 1.80. The van der Waals surface area contributed by atoms with Crippen molar-refractivity contribution < 1.29 is 9.53 Å². The van der Waals surface area contributed by atoms with E-state index in [9.17, 15) is 4.79 Å². The van der Waals surface area contributed by atoms with Crippen LogP contribution in [0.4, 0.5) is 0 Å². The van der Waals surface area contributed by atoms with Crippen molar-refractivity contribution >= 4 is 23.1 Å². The number of carbonyl (C=O) groups is 1. The predicted molar refractivity (Wildman–Crippen MR) is 77.0 cm³/mol. The summed E-state index contributed by atoms with van der Waals surface area (Å²) in [5, 5.41) is 9.20. The molecule has 0 aliphatic carbocycles. The van der Waals surface area contributed by atoms with E-state index in [-0.39, 0.29) is 24.1 Å². The number of carbonyl (C=O) groups excluding carboxylic acids is 1. The summed E-state index contributed by atoms with van der Waals surface area (Å²) in [6, 6.07) is 0.121. The topological polar surface area (TPSA) is 65.6 Å². The van der Waals surface area contributed by atoms with Gasteiger partial charge >= 0.3 is 0 Å². The van der Waals surface area contributed by atoms with Crippen LogP contribution < -0.4 is 16.0 Å². The van der Waals surface area contributed by atoms with Crippen LogP contribution in [0.2, 0.25) is 0 Å². The van der Waals surface area contributed by atoms with Crippen molar-refractivity contribution in [2.24, 2.45) is 0 Å². The molecule has 0 aromatic rings. The van der Waals surface area contributed by atoms with Crippen LogP contribution in [0.1, 0.15) is 12.8 Å². The van der Waals surface area contributed by atoms with Gasteiger partial charge in [-0.15, -0.1) is 0 Å². The number of amides is 1. The second-order valence-corrected chi connectivity index (χ2v) is 5.60. The van der Waals surface area contributed by atoms with Crippen molar-refractivity contribution in [1.82, 2.24) is 20.9 Å². The molecule has 108 valence electrons. The summed E-state index contributed by atoms with van der Waals surface area (Å²) in [4.78, 5) is 14.2. The van der Waals surface area contributed by atoms with E-state index in [1.807, 2.05) is 19.0 Å². The van der Waals surface area contributed by atoms with Gasteiger partial charge in [-0.2, -0.15) is 0 Å². The Morgan fingerprint density at radius 3 is 2.89 bits per heavy atom. The standard InChI is InChI=1S/C12H22N4O2S/c1-16(2)12(19)10-5-8(6-13-10)18-4-3-9-11(17)15-7-14-9/h8-10,13-14H,3-7H2,1-2H3,(H,15,17)/t8-,9?,10+/m1/s1. The fourth-order valence-corrected chi connectivity index (χ4v) is 2.57. The van der Waals surface area contributed by atoms with Crippen molar-refractivity contribution in [2.45, 2.75) is 31.0 Å². The number of likely N-dealkylation sites (N-methyl/N-ethyl adjacent to an activating group) is 1. The lowest BCUT2D eigenvalue weighted by molar-refractivity contribution is -0.121. The van der Waals surface area contributed by atoms with E-state index in [2.05, 4.69) is 16.0 Å². The third-order valence-electron chi connectivity index (χ3n) is 3.52. The first kappa shape index (κ1) is 14.6. The summed E-state index contributed by atoms with van der Waals surface area (Å²) < 4.78 is 5.81. The molecule has 3 N–H and O–H groups in total. The Kier molecular flexibility index (Phi) is 5.09. The number of nitrogens with zero attached hydrogens (tertiary/aromatic N) is 1. The van der Waals surface area contributed by atoms with Crippen molar-refractivity contribution in [3.63, 3.8) is 0 Å². The van der Waals surface area contributed by atoms with E-state index in [4.69, 9.17) is 17.0 Å². The van der Waals surface area contributed by atoms with E-state index in [0.29, 0.717) is 19.7 Å². The zero-order valence-corrected chi connectivity index (χ0v) is 12.3. The molecule has 2 heterocycles. The van der Waals surface area contributed by atoms with Crippen molar-refractivity contribution in [3.05, 3.63) is 0 Å². The Morgan fingerprint density at radius 2 is 2.26 bits per heavy atom. The van der Waals surface area contributed by atoms with Crippen LogP contribution >= 0.6 is 12.2 Å². The molecule has 0 radical (unpaired) electrons. The molecule has 19 heavy (non-hydrogen) atoms. The van der Waals surface area contributed by atoms with Crippen molar-refractivity contribution in [1.29, 1.82) is 0 Å². The molecule has 0 spiro atoms. The minimum Gasteiger partial charge on any atom is -0.377 e. The molecular formula is C12H22N4O2S. The lowest BCUT2D eigenvalue weighted by atomic mass is 10.2. The van der Waals surface area contributed by atoms with Gasteiger partial charge in [0, 0.05) is 27.2 Å². The molecule has 7 heteroatoms.